The highest BCUT2D eigenvalue weighted by atomic mass is 32.2. The Bertz CT molecular complexity index is 526. The van der Waals surface area contributed by atoms with Gasteiger partial charge >= 0.3 is 0 Å². The number of piperidine rings is 1. The molecule has 0 unspecified atom stereocenters. The van der Waals surface area contributed by atoms with Gasteiger partial charge in [-0.25, -0.2) is 9.97 Å². The molecule has 18 heavy (non-hydrogen) atoms. The molecule has 2 aromatic heterocycles. The standard InChI is InChI=1S/C13H17N3S2/c1-16-5-2-3-10(7-16)8-18-13-12-11(4-6-17-12)14-9-15-13/h4,6,9-10H,2-3,5,7-8H2,1H3/t10-/m0/s1. The van der Waals surface area contributed by atoms with Crippen LogP contribution >= 0.6 is 23.1 Å². The van der Waals surface area contributed by atoms with Crippen LogP contribution in [0.1, 0.15) is 12.8 Å². The summed E-state index contributed by atoms with van der Waals surface area (Å²) in [5.74, 6) is 1.98. The summed E-state index contributed by atoms with van der Waals surface area (Å²) in [6, 6.07) is 2.07. The van der Waals surface area contributed by atoms with E-state index in [1.807, 2.05) is 11.8 Å². The van der Waals surface area contributed by atoms with Crippen LogP contribution in [-0.4, -0.2) is 40.8 Å². The van der Waals surface area contributed by atoms with Crippen molar-refractivity contribution in [1.82, 2.24) is 14.9 Å². The first kappa shape index (κ1) is 12.4. The van der Waals surface area contributed by atoms with E-state index in [1.165, 1.54) is 36.4 Å². The third kappa shape index (κ3) is 2.68. The molecule has 0 amide bonds. The van der Waals surface area contributed by atoms with Crippen molar-refractivity contribution in [2.24, 2.45) is 5.92 Å². The summed E-state index contributed by atoms with van der Waals surface area (Å²) in [6.07, 6.45) is 4.38. The quantitative estimate of drug-likeness (QED) is 0.637. The molecule has 0 N–H and O–H groups in total. The highest BCUT2D eigenvalue weighted by molar-refractivity contribution is 7.99. The van der Waals surface area contributed by atoms with E-state index < -0.39 is 0 Å². The molecule has 1 aliphatic rings. The zero-order valence-corrected chi connectivity index (χ0v) is 12.1. The van der Waals surface area contributed by atoms with Gasteiger partial charge in [-0.2, -0.15) is 0 Å². The fourth-order valence-corrected chi connectivity index (χ4v) is 4.55. The van der Waals surface area contributed by atoms with E-state index in [0.717, 1.165) is 16.5 Å². The van der Waals surface area contributed by atoms with Crippen LogP contribution in [0.15, 0.2) is 22.8 Å². The highest BCUT2D eigenvalue weighted by Gasteiger charge is 2.18. The number of nitrogens with zero attached hydrogens (tertiary/aromatic N) is 3. The van der Waals surface area contributed by atoms with Crippen LogP contribution < -0.4 is 0 Å². The van der Waals surface area contributed by atoms with E-state index in [0.29, 0.717) is 0 Å². The van der Waals surface area contributed by atoms with Crippen LogP contribution in [-0.2, 0) is 0 Å². The SMILES string of the molecule is CN1CCC[C@H](CSc2ncnc3ccsc23)C1. The zero-order valence-electron chi connectivity index (χ0n) is 10.5. The maximum absolute atomic E-state index is 4.43. The predicted molar refractivity (Wildman–Crippen MR) is 78.4 cm³/mol. The fraction of sp³-hybridized carbons (Fsp3) is 0.538. The maximum Gasteiger partial charge on any atom is 0.117 e. The first-order chi connectivity index (χ1) is 8.83. The third-order valence-electron chi connectivity index (χ3n) is 3.39. The van der Waals surface area contributed by atoms with E-state index in [2.05, 4.69) is 33.4 Å². The van der Waals surface area contributed by atoms with Crippen molar-refractivity contribution in [3.63, 3.8) is 0 Å². The lowest BCUT2D eigenvalue weighted by Gasteiger charge is -2.29. The van der Waals surface area contributed by atoms with Gasteiger partial charge in [-0.15, -0.1) is 23.1 Å². The number of hydrogen-bond acceptors (Lipinski definition) is 5. The monoisotopic (exact) mass is 279 g/mol. The summed E-state index contributed by atoms with van der Waals surface area (Å²) in [5.41, 5.74) is 1.08. The molecule has 5 heteroatoms. The Labute approximate surface area is 116 Å². The molecular weight excluding hydrogens is 262 g/mol. The number of thioether (sulfide) groups is 1. The predicted octanol–water partition coefficient (Wildman–Crippen LogP) is 3.13. The Morgan fingerprint density at radius 3 is 3.33 bits per heavy atom. The van der Waals surface area contributed by atoms with E-state index in [-0.39, 0.29) is 0 Å². The smallest absolute Gasteiger partial charge is 0.117 e. The highest BCUT2D eigenvalue weighted by Crippen LogP contribution is 2.31. The van der Waals surface area contributed by atoms with Crippen molar-refractivity contribution in [3.05, 3.63) is 17.8 Å². The number of likely N-dealkylation sites (tertiary alicyclic amines) is 1. The number of hydrogen-bond donors (Lipinski definition) is 0. The summed E-state index contributed by atoms with van der Waals surface area (Å²) < 4.78 is 1.24. The Morgan fingerprint density at radius 1 is 1.50 bits per heavy atom. The summed E-state index contributed by atoms with van der Waals surface area (Å²) in [4.78, 5) is 11.2. The molecule has 1 fully saturated rings. The van der Waals surface area contributed by atoms with Crippen LogP contribution in [0.5, 0.6) is 0 Å². The summed E-state index contributed by atoms with van der Waals surface area (Å²) in [7, 11) is 2.22. The van der Waals surface area contributed by atoms with Gasteiger partial charge in [-0.3, -0.25) is 0 Å². The molecule has 0 saturated carbocycles. The van der Waals surface area contributed by atoms with Gasteiger partial charge in [0.15, 0.2) is 0 Å². The number of fused-ring (bicyclic) bond motifs is 1. The molecule has 1 aliphatic heterocycles. The van der Waals surface area contributed by atoms with Gasteiger partial charge in [0.05, 0.1) is 10.2 Å². The molecule has 0 radical (unpaired) electrons. The summed E-state index contributed by atoms with van der Waals surface area (Å²) in [6.45, 7) is 2.48. The van der Waals surface area contributed by atoms with Crippen LogP contribution in [0.4, 0.5) is 0 Å². The molecule has 0 bridgehead atoms. The normalized spacial score (nSPS) is 21.5. The van der Waals surface area contributed by atoms with Gasteiger partial charge in [0.1, 0.15) is 11.4 Å². The first-order valence-corrected chi connectivity index (χ1v) is 8.19. The Kier molecular flexibility index (Phi) is 3.82. The topological polar surface area (TPSA) is 29.0 Å². The van der Waals surface area contributed by atoms with Crippen molar-refractivity contribution >= 4 is 33.3 Å². The van der Waals surface area contributed by atoms with Crippen LogP contribution in [0.2, 0.25) is 0 Å². The van der Waals surface area contributed by atoms with Gasteiger partial charge in [0, 0.05) is 12.3 Å². The zero-order chi connectivity index (χ0) is 12.4. The van der Waals surface area contributed by atoms with E-state index in [4.69, 9.17) is 0 Å². The third-order valence-corrected chi connectivity index (χ3v) is 5.65. The number of aromatic nitrogens is 2. The van der Waals surface area contributed by atoms with E-state index in [9.17, 15) is 0 Å². The first-order valence-electron chi connectivity index (χ1n) is 6.32. The minimum absolute atomic E-state index is 0.804. The average molecular weight is 279 g/mol. The van der Waals surface area contributed by atoms with Crippen molar-refractivity contribution in [3.8, 4) is 0 Å². The molecule has 0 aromatic carbocycles. The molecular formula is C13H17N3S2. The van der Waals surface area contributed by atoms with Crippen molar-refractivity contribution in [2.75, 3.05) is 25.9 Å². The molecule has 0 aliphatic carbocycles. The second-order valence-corrected chi connectivity index (χ2v) is 6.82. The largest absolute Gasteiger partial charge is 0.306 e. The molecule has 96 valence electrons. The molecule has 1 atom stereocenters. The second-order valence-electron chi connectivity index (χ2n) is 4.90. The number of thiophene rings is 1. The average Bonchev–Trinajstić information content (AvgIpc) is 2.85. The molecule has 3 heterocycles. The Hall–Kier alpha value is -0.650. The molecule has 3 nitrogen and oxygen atoms in total. The summed E-state index contributed by atoms with van der Waals surface area (Å²) >= 11 is 3.64. The molecule has 3 rings (SSSR count). The lowest BCUT2D eigenvalue weighted by molar-refractivity contribution is 0.224. The van der Waals surface area contributed by atoms with Gasteiger partial charge < -0.3 is 4.90 Å². The fourth-order valence-electron chi connectivity index (χ4n) is 2.48. The van der Waals surface area contributed by atoms with Gasteiger partial charge in [-0.1, -0.05) is 0 Å². The summed E-state index contributed by atoms with van der Waals surface area (Å²) in [5, 5.41) is 3.25. The van der Waals surface area contributed by atoms with Gasteiger partial charge in [-0.05, 0) is 43.8 Å². The van der Waals surface area contributed by atoms with Crippen molar-refractivity contribution in [1.29, 1.82) is 0 Å². The Balaban J connectivity index is 1.67. The number of rotatable bonds is 3. The van der Waals surface area contributed by atoms with Gasteiger partial charge in [0.25, 0.3) is 0 Å². The van der Waals surface area contributed by atoms with E-state index in [1.54, 1.807) is 17.7 Å². The van der Waals surface area contributed by atoms with Gasteiger partial charge in [0.2, 0.25) is 0 Å². The maximum atomic E-state index is 4.43. The molecule has 0 spiro atoms. The van der Waals surface area contributed by atoms with Crippen molar-refractivity contribution < 1.29 is 0 Å². The minimum Gasteiger partial charge on any atom is -0.306 e. The lowest BCUT2D eigenvalue weighted by atomic mass is 10.0. The lowest BCUT2D eigenvalue weighted by Crippen LogP contribution is -2.33. The molecule has 1 saturated heterocycles. The van der Waals surface area contributed by atoms with Crippen molar-refractivity contribution in [2.45, 2.75) is 17.9 Å². The van der Waals surface area contributed by atoms with Crippen LogP contribution in [0, 0.1) is 5.92 Å². The second kappa shape index (κ2) is 5.55. The van der Waals surface area contributed by atoms with E-state index >= 15 is 0 Å². The molecule has 2 aromatic rings. The minimum atomic E-state index is 0.804. The van der Waals surface area contributed by atoms with Crippen LogP contribution in [0.25, 0.3) is 10.2 Å². The Morgan fingerprint density at radius 2 is 2.44 bits per heavy atom. The van der Waals surface area contributed by atoms with Crippen LogP contribution in [0.3, 0.4) is 0 Å².